The smallest absolute Gasteiger partial charge is 0.222 e. The molecule has 0 bridgehead atoms. The predicted octanol–water partition coefficient (Wildman–Crippen LogP) is 1.89. The average Bonchev–Trinajstić information content (AvgIpc) is 3.35. The SMILES string of the molecule is O=C(CC1CCCC1)N1CCN(Cc2nnnn2-c2ccccc2)CC1. The summed E-state index contributed by atoms with van der Waals surface area (Å²) in [7, 11) is 0. The van der Waals surface area contributed by atoms with Crippen LogP contribution >= 0.6 is 0 Å². The van der Waals surface area contributed by atoms with Crippen LogP contribution in [0.2, 0.25) is 0 Å². The van der Waals surface area contributed by atoms with Gasteiger partial charge in [0, 0.05) is 32.6 Å². The first-order valence-electron chi connectivity index (χ1n) is 9.62. The van der Waals surface area contributed by atoms with Crippen LogP contribution in [0.5, 0.6) is 0 Å². The quantitative estimate of drug-likeness (QED) is 0.820. The van der Waals surface area contributed by atoms with E-state index < -0.39 is 0 Å². The van der Waals surface area contributed by atoms with E-state index in [1.54, 1.807) is 4.68 Å². The molecule has 7 heteroatoms. The number of carbonyl (C=O) groups excluding carboxylic acids is 1. The number of benzene rings is 1. The van der Waals surface area contributed by atoms with Crippen LogP contribution in [-0.4, -0.2) is 62.1 Å². The fourth-order valence-electron chi connectivity index (χ4n) is 4.02. The molecular formula is C19H26N6O. The second-order valence-corrected chi connectivity index (χ2v) is 7.35. The topological polar surface area (TPSA) is 67.2 Å². The van der Waals surface area contributed by atoms with Gasteiger partial charge in [0.1, 0.15) is 0 Å². The highest BCUT2D eigenvalue weighted by Gasteiger charge is 2.25. The first-order chi connectivity index (χ1) is 12.8. The fourth-order valence-corrected chi connectivity index (χ4v) is 4.02. The van der Waals surface area contributed by atoms with Gasteiger partial charge in [-0.25, -0.2) is 0 Å². The van der Waals surface area contributed by atoms with E-state index in [9.17, 15) is 4.79 Å². The molecule has 7 nitrogen and oxygen atoms in total. The van der Waals surface area contributed by atoms with Crippen molar-refractivity contribution in [3.63, 3.8) is 0 Å². The van der Waals surface area contributed by atoms with E-state index in [2.05, 4.69) is 20.4 Å². The number of carbonyl (C=O) groups is 1. The van der Waals surface area contributed by atoms with Crippen LogP contribution in [0.1, 0.15) is 37.9 Å². The minimum Gasteiger partial charge on any atom is -0.340 e. The Labute approximate surface area is 154 Å². The second kappa shape index (κ2) is 7.95. The monoisotopic (exact) mass is 354 g/mol. The summed E-state index contributed by atoms with van der Waals surface area (Å²) < 4.78 is 1.79. The summed E-state index contributed by atoms with van der Waals surface area (Å²) in [5, 5.41) is 12.1. The molecule has 2 aliphatic rings. The largest absolute Gasteiger partial charge is 0.340 e. The molecule has 26 heavy (non-hydrogen) atoms. The van der Waals surface area contributed by atoms with Crippen molar-refractivity contribution in [2.75, 3.05) is 26.2 Å². The van der Waals surface area contributed by atoms with Gasteiger partial charge in [0.05, 0.1) is 12.2 Å². The Morgan fingerprint density at radius 1 is 1.04 bits per heavy atom. The van der Waals surface area contributed by atoms with Crippen molar-refractivity contribution in [3.05, 3.63) is 36.2 Å². The van der Waals surface area contributed by atoms with Gasteiger partial charge >= 0.3 is 0 Å². The summed E-state index contributed by atoms with van der Waals surface area (Å²) >= 11 is 0. The third-order valence-electron chi connectivity index (χ3n) is 5.56. The maximum Gasteiger partial charge on any atom is 0.222 e. The molecule has 4 rings (SSSR count). The predicted molar refractivity (Wildman–Crippen MR) is 97.6 cm³/mol. The van der Waals surface area contributed by atoms with Crippen molar-refractivity contribution in [3.8, 4) is 5.69 Å². The molecule has 1 saturated carbocycles. The van der Waals surface area contributed by atoms with Gasteiger partial charge in [0.15, 0.2) is 5.82 Å². The molecular weight excluding hydrogens is 328 g/mol. The van der Waals surface area contributed by atoms with Crippen LogP contribution < -0.4 is 0 Å². The number of amides is 1. The van der Waals surface area contributed by atoms with Gasteiger partial charge in [-0.15, -0.1) is 5.10 Å². The van der Waals surface area contributed by atoms with Crippen molar-refractivity contribution in [2.24, 2.45) is 5.92 Å². The molecule has 138 valence electrons. The number of rotatable bonds is 5. The Balaban J connectivity index is 1.31. The maximum atomic E-state index is 12.5. The van der Waals surface area contributed by atoms with Gasteiger partial charge in [-0.2, -0.15) is 4.68 Å². The zero-order valence-corrected chi connectivity index (χ0v) is 15.1. The third-order valence-corrected chi connectivity index (χ3v) is 5.56. The number of hydrogen-bond acceptors (Lipinski definition) is 5. The Bertz CT molecular complexity index is 717. The van der Waals surface area contributed by atoms with Gasteiger partial charge in [0.2, 0.25) is 5.91 Å². The van der Waals surface area contributed by atoms with E-state index in [1.807, 2.05) is 35.2 Å². The highest BCUT2D eigenvalue weighted by atomic mass is 16.2. The summed E-state index contributed by atoms with van der Waals surface area (Å²) in [6.45, 7) is 4.06. The summed E-state index contributed by atoms with van der Waals surface area (Å²) in [5.74, 6) is 1.80. The van der Waals surface area contributed by atoms with Crippen LogP contribution in [0.4, 0.5) is 0 Å². The number of hydrogen-bond donors (Lipinski definition) is 0. The number of piperazine rings is 1. The van der Waals surface area contributed by atoms with Gasteiger partial charge in [-0.1, -0.05) is 31.0 Å². The number of aromatic nitrogens is 4. The molecule has 0 unspecified atom stereocenters. The molecule has 1 aliphatic carbocycles. The molecule has 1 amide bonds. The van der Waals surface area contributed by atoms with Crippen LogP contribution in [-0.2, 0) is 11.3 Å². The second-order valence-electron chi connectivity index (χ2n) is 7.35. The summed E-state index contributed by atoms with van der Waals surface area (Å²) in [4.78, 5) is 16.8. The maximum absolute atomic E-state index is 12.5. The van der Waals surface area contributed by atoms with Gasteiger partial charge in [-0.05, 0) is 41.3 Å². The lowest BCUT2D eigenvalue weighted by molar-refractivity contribution is -0.134. The highest BCUT2D eigenvalue weighted by molar-refractivity contribution is 5.76. The zero-order chi connectivity index (χ0) is 17.8. The standard InChI is InChI=1S/C19H26N6O/c26-19(14-16-6-4-5-7-16)24-12-10-23(11-13-24)15-18-20-21-22-25(18)17-8-2-1-3-9-17/h1-3,8-9,16H,4-7,10-15H2. The van der Waals surface area contributed by atoms with Crippen molar-refractivity contribution in [1.29, 1.82) is 0 Å². The Morgan fingerprint density at radius 3 is 2.50 bits per heavy atom. The van der Waals surface area contributed by atoms with Crippen molar-refractivity contribution in [2.45, 2.75) is 38.6 Å². The van der Waals surface area contributed by atoms with Crippen molar-refractivity contribution >= 4 is 5.91 Å². The van der Waals surface area contributed by atoms with Gasteiger partial charge in [-0.3, -0.25) is 9.69 Å². The lowest BCUT2D eigenvalue weighted by Crippen LogP contribution is -2.48. The minimum atomic E-state index is 0.339. The normalized spacial score (nSPS) is 19.2. The van der Waals surface area contributed by atoms with Gasteiger partial charge in [0.25, 0.3) is 0 Å². The lowest BCUT2D eigenvalue weighted by atomic mass is 10.0. The van der Waals surface area contributed by atoms with E-state index in [0.29, 0.717) is 18.4 Å². The zero-order valence-electron chi connectivity index (χ0n) is 15.1. The van der Waals surface area contributed by atoms with Crippen LogP contribution in [0.25, 0.3) is 5.69 Å². The third kappa shape index (κ3) is 3.93. The molecule has 0 radical (unpaired) electrons. The molecule has 0 spiro atoms. The molecule has 1 aliphatic heterocycles. The van der Waals surface area contributed by atoms with E-state index in [0.717, 1.165) is 44.1 Å². The molecule has 0 N–H and O–H groups in total. The van der Waals surface area contributed by atoms with E-state index in [-0.39, 0.29) is 0 Å². The number of tetrazole rings is 1. The first kappa shape index (κ1) is 17.1. The summed E-state index contributed by atoms with van der Waals surface area (Å²) in [6, 6.07) is 9.94. The Morgan fingerprint density at radius 2 is 1.77 bits per heavy atom. The Hall–Kier alpha value is -2.28. The minimum absolute atomic E-state index is 0.339. The van der Waals surface area contributed by atoms with Crippen LogP contribution in [0, 0.1) is 5.92 Å². The fraction of sp³-hybridized carbons (Fsp3) is 0.579. The molecule has 0 atom stereocenters. The number of para-hydroxylation sites is 1. The molecule has 1 aromatic heterocycles. The van der Waals surface area contributed by atoms with Crippen LogP contribution in [0.3, 0.4) is 0 Å². The molecule has 2 fully saturated rings. The molecule has 1 saturated heterocycles. The van der Waals surface area contributed by atoms with E-state index >= 15 is 0 Å². The summed E-state index contributed by atoms with van der Waals surface area (Å²) in [6.07, 6.45) is 5.79. The van der Waals surface area contributed by atoms with E-state index in [4.69, 9.17) is 0 Å². The molecule has 2 aromatic rings. The van der Waals surface area contributed by atoms with Gasteiger partial charge < -0.3 is 4.90 Å². The first-order valence-corrected chi connectivity index (χ1v) is 9.62. The molecule has 2 heterocycles. The van der Waals surface area contributed by atoms with E-state index in [1.165, 1.54) is 25.7 Å². The molecule has 1 aromatic carbocycles. The van der Waals surface area contributed by atoms with Crippen molar-refractivity contribution in [1.82, 2.24) is 30.0 Å². The highest BCUT2D eigenvalue weighted by Crippen LogP contribution is 2.28. The Kier molecular flexibility index (Phi) is 5.24. The lowest BCUT2D eigenvalue weighted by Gasteiger charge is -2.34. The van der Waals surface area contributed by atoms with Crippen LogP contribution in [0.15, 0.2) is 30.3 Å². The van der Waals surface area contributed by atoms with Crippen molar-refractivity contribution < 1.29 is 4.79 Å². The average molecular weight is 354 g/mol. The summed E-state index contributed by atoms with van der Waals surface area (Å²) in [5.41, 5.74) is 0.970. The number of nitrogens with zero attached hydrogens (tertiary/aromatic N) is 6.